The van der Waals surface area contributed by atoms with Crippen molar-refractivity contribution >= 4 is 33.7 Å². The summed E-state index contributed by atoms with van der Waals surface area (Å²) in [6.45, 7) is 1.41. The fourth-order valence-electron chi connectivity index (χ4n) is 1.93. The Hall–Kier alpha value is -2.71. The molecule has 0 spiro atoms. The molecular weight excluding hydrogens is 332 g/mol. The van der Waals surface area contributed by atoms with Gasteiger partial charge in [0, 0.05) is 12.2 Å². The van der Waals surface area contributed by atoms with Crippen molar-refractivity contribution in [2.75, 3.05) is 0 Å². The number of hydrogen-bond acceptors (Lipinski definition) is 7. The van der Waals surface area contributed by atoms with E-state index >= 15 is 0 Å². The zero-order valence-corrected chi connectivity index (χ0v) is 12.4. The van der Waals surface area contributed by atoms with E-state index in [1.54, 1.807) is 0 Å². The Morgan fingerprint density at radius 3 is 2.30 bits per heavy atom. The van der Waals surface area contributed by atoms with E-state index < -0.39 is 51.5 Å². The first-order valence-electron chi connectivity index (χ1n) is 6.18. The standard InChI is InChI=1S/C12H10N2O8S/c1-7(13-9(15)2-3-10(13)16)4-5-22-14-11(17)6-8(12(14)18)23(19,20)21/h2-3,7-8H,6H2,1H3,(H,19,20,21). The number of nitrogens with zero attached hydrogens (tertiary/aromatic N) is 2. The molecule has 1 N–H and O–H groups in total. The van der Waals surface area contributed by atoms with Crippen LogP contribution in [0.25, 0.3) is 0 Å². The van der Waals surface area contributed by atoms with Gasteiger partial charge >= 0.3 is 0 Å². The second kappa shape index (κ2) is 5.82. The molecule has 0 radical (unpaired) electrons. The van der Waals surface area contributed by atoms with Crippen LogP contribution in [0.1, 0.15) is 13.3 Å². The van der Waals surface area contributed by atoms with Gasteiger partial charge in [0.25, 0.3) is 33.7 Å². The van der Waals surface area contributed by atoms with Gasteiger partial charge in [-0.3, -0.25) is 28.6 Å². The predicted octanol–water partition coefficient (Wildman–Crippen LogP) is -1.79. The van der Waals surface area contributed by atoms with Gasteiger partial charge in [-0.15, -0.1) is 0 Å². The number of imide groups is 2. The molecule has 10 nitrogen and oxygen atoms in total. The first kappa shape index (κ1) is 16.7. The highest BCUT2D eigenvalue weighted by atomic mass is 32.2. The minimum atomic E-state index is -4.73. The summed E-state index contributed by atoms with van der Waals surface area (Å²) in [7, 11) is -4.73. The molecule has 23 heavy (non-hydrogen) atoms. The SMILES string of the molecule is CC(C#CON1C(=O)CC(S(=O)(=O)O)C1=O)N1C(=O)C=CC1=O. The fraction of sp³-hybridized carbons (Fsp3) is 0.333. The number of carbonyl (C=O) groups excluding carboxylic acids is 4. The molecule has 2 aliphatic rings. The molecule has 1 saturated heterocycles. The zero-order chi connectivity index (χ0) is 17.4. The van der Waals surface area contributed by atoms with Crippen LogP contribution in [0.3, 0.4) is 0 Å². The van der Waals surface area contributed by atoms with Gasteiger partial charge < -0.3 is 4.84 Å². The van der Waals surface area contributed by atoms with Gasteiger partial charge in [0.2, 0.25) is 0 Å². The Kier molecular flexibility index (Phi) is 4.22. The van der Waals surface area contributed by atoms with E-state index in [1.165, 1.54) is 6.92 Å². The van der Waals surface area contributed by atoms with Crippen LogP contribution in [0.4, 0.5) is 0 Å². The maximum atomic E-state index is 11.6. The van der Waals surface area contributed by atoms with Gasteiger partial charge in [-0.1, -0.05) is 5.06 Å². The molecular formula is C12H10N2O8S. The zero-order valence-electron chi connectivity index (χ0n) is 11.6. The predicted molar refractivity (Wildman–Crippen MR) is 71.1 cm³/mol. The van der Waals surface area contributed by atoms with Gasteiger partial charge in [0.1, 0.15) is 12.1 Å². The van der Waals surface area contributed by atoms with Gasteiger partial charge in [0.05, 0.1) is 6.42 Å². The lowest BCUT2D eigenvalue weighted by Gasteiger charge is -2.16. The van der Waals surface area contributed by atoms with E-state index in [1.807, 2.05) is 6.11 Å². The average molecular weight is 342 g/mol. The summed E-state index contributed by atoms with van der Waals surface area (Å²) in [4.78, 5) is 51.3. The third-order valence-electron chi connectivity index (χ3n) is 3.06. The van der Waals surface area contributed by atoms with Crippen LogP contribution in [0.5, 0.6) is 0 Å². The molecule has 2 unspecified atom stereocenters. The Morgan fingerprint density at radius 1 is 1.26 bits per heavy atom. The number of hydroxylamine groups is 2. The Labute approximate surface area is 130 Å². The van der Waals surface area contributed by atoms with Gasteiger partial charge in [-0.2, -0.15) is 8.42 Å². The normalized spacial score (nSPS) is 22.4. The molecule has 0 aromatic heterocycles. The molecule has 0 aliphatic carbocycles. The summed E-state index contributed by atoms with van der Waals surface area (Å²) >= 11 is 0. The Morgan fingerprint density at radius 2 is 1.83 bits per heavy atom. The largest absolute Gasteiger partial charge is 0.316 e. The van der Waals surface area contributed by atoms with Gasteiger partial charge in [-0.25, -0.2) is 0 Å². The summed E-state index contributed by atoms with van der Waals surface area (Å²) in [6.07, 6.45) is 3.32. The molecule has 0 aromatic rings. The van der Waals surface area contributed by atoms with Crippen molar-refractivity contribution in [2.24, 2.45) is 0 Å². The van der Waals surface area contributed by atoms with Crippen LogP contribution < -0.4 is 0 Å². The summed E-state index contributed by atoms with van der Waals surface area (Å²) in [5, 5.41) is -1.82. The van der Waals surface area contributed by atoms with E-state index in [0.29, 0.717) is 0 Å². The van der Waals surface area contributed by atoms with Crippen LogP contribution in [-0.2, 0) is 34.1 Å². The second-order valence-electron chi connectivity index (χ2n) is 4.63. The first-order valence-corrected chi connectivity index (χ1v) is 7.69. The molecule has 1 fully saturated rings. The van der Waals surface area contributed by atoms with Crippen LogP contribution in [0, 0.1) is 12.0 Å². The lowest BCUT2D eigenvalue weighted by atomic mass is 10.3. The molecule has 11 heteroatoms. The molecule has 0 saturated carbocycles. The van der Waals surface area contributed by atoms with E-state index in [-0.39, 0.29) is 5.06 Å². The molecule has 4 amide bonds. The Balaban J connectivity index is 2.05. The molecule has 2 heterocycles. The number of rotatable bonds is 3. The first-order chi connectivity index (χ1) is 10.6. The quantitative estimate of drug-likeness (QED) is 0.360. The van der Waals surface area contributed by atoms with Crippen molar-refractivity contribution in [3.63, 3.8) is 0 Å². The average Bonchev–Trinajstić information content (AvgIpc) is 2.91. The molecule has 2 aliphatic heterocycles. The summed E-state index contributed by atoms with van der Waals surface area (Å²) in [5.41, 5.74) is 0. The van der Waals surface area contributed by atoms with Gasteiger partial charge in [0.15, 0.2) is 5.25 Å². The molecule has 0 bridgehead atoms. The van der Waals surface area contributed by atoms with Crippen molar-refractivity contribution in [3.05, 3.63) is 12.2 Å². The highest BCUT2D eigenvalue weighted by molar-refractivity contribution is 7.87. The lowest BCUT2D eigenvalue weighted by molar-refractivity contribution is -0.170. The van der Waals surface area contributed by atoms with Crippen LogP contribution >= 0.6 is 0 Å². The number of hydrogen-bond donors (Lipinski definition) is 1. The minimum Gasteiger partial charge on any atom is -0.316 e. The smallest absolute Gasteiger partial charge is 0.285 e. The van der Waals surface area contributed by atoms with E-state index in [0.717, 1.165) is 17.1 Å². The maximum Gasteiger partial charge on any atom is 0.285 e. The lowest BCUT2D eigenvalue weighted by Crippen LogP contribution is -2.37. The third kappa shape index (κ3) is 3.22. The van der Waals surface area contributed by atoms with E-state index in [4.69, 9.17) is 4.55 Å². The molecule has 2 atom stereocenters. The van der Waals surface area contributed by atoms with Crippen molar-refractivity contribution in [3.8, 4) is 12.0 Å². The second-order valence-corrected chi connectivity index (χ2v) is 6.23. The maximum absolute atomic E-state index is 11.6. The molecule has 0 aromatic carbocycles. The number of carbonyl (C=O) groups is 4. The summed E-state index contributed by atoms with van der Waals surface area (Å²) in [6, 6.07) is -0.893. The monoisotopic (exact) mass is 342 g/mol. The van der Waals surface area contributed by atoms with Crippen molar-refractivity contribution in [2.45, 2.75) is 24.6 Å². The van der Waals surface area contributed by atoms with Crippen molar-refractivity contribution in [1.29, 1.82) is 0 Å². The topological polar surface area (TPSA) is 138 Å². The Bertz CT molecular complexity index is 770. The molecule has 2 rings (SSSR count). The molecule has 122 valence electrons. The van der Waals surface area contributed by atoms with Crippen molar-refractivity contribution in [1.82, 2.24) is 9.96 Å². The highest BCUT2D eigenvalue weighted by Crippen LogP contribution is 2.19. The van der Waals surface area contributed by atoms with E-state index in [2.05, 4.69) is 10.8 Å². The fourth-order valence-corrected chi connectivity index (χ4v) is 2.63. The van der Waals surface area contributed by atoms with Gasteiger partial charge in [-0.05, 0) is 12.8 Å². The van der Waals surface area contributed by atoms with Crippen molar-refractivity contribution < 1.29 is 37.0 Å². The third-order valence-corrected chi connectivity index (χ3v) is 4.14. The van der Waals surface area contributed by atoms with Crippen LogP contribution in [0.2, 0.25) is 0 Å². The highest BCUT2D eigenvalue weighted by Gasteiger charge is 2.47. The van der Waals surface area contributed by atoms with E-state index in [9.17, 15) is 27.6 Å². The van der Waals surface area contributed by atoms with Crippen LogP contribution in [-0.4, -0.2) is 57.9 Å². The number of amides is 4. The minimum absolute atomic E-state index is 0.115. The summed E-state index contributed by atoms with van der Waals surface area (Å²) < 4.78 is 30.7. The summed E-state index contributed by atoms with van der Waals surface area (Å²) in [5.74, 6) is -1.08. The van der Waals surface area contributed by atoms with Crippen LogP contribution in [0.15, 0.2) is 12.2 Å².